The van der Waals surface area contributed by atoms with Gasteiger partial charge in [0.25, 0.3) is 0 Å². The molecule has 0 bridgehead atoms. The fourth-order valence-electron chi connectivity index (χ4n) is 2.28. The first-order valence-electron chi connectivity index (χ1n) is 7.38. The number of aliphatic hydroxyl groups excluding tert-OH is 1. The maximum Gasteiger partial charge on any atom is 0.119 e. The van der Waals surface area contributed by atoms with Crippen molar-refractivity contribution >= 4 is 0 Å². The molecule has 0 radical (unpaired) electrons. The minimum Gasteiger partial charge on any atom is -0.494 e. The van der Waals surface area contributed by atoms with E-state index in [0.717, 1.165) is 23.4 Å². The summed E-state index contributed by atoms with van der Waals surface area (Å²) in [4.78, 5) is 0. The lowest BCUT2D eigenvalue weighted by Crippen LogP contribution is -2.18. The first-order valence-corrected chi connectivity index (χ1v) is 7.38. The van der Waals surface area contributed by atoms with Crippen LogP contribution >= 0.6 is 0 Å². The molecule has 0 fully saturated rings. The van der Waals surface area contributed by atoms with E-state index in [4.69, 9.17) is 4.74 Å². The van der Waals surface area contributed by atoms with Crippen molar-refractivity contribution in [3.63, 3.8) is 0 Å². The van der Waals surface area contributed by atoms with Gasteiger partial charge in [-0.25, -0.2) is 0 Å². The van der Waals surface area contributed by atoms with Gasteiger partial charge in [0.05, 0.1) is 13.2 Å². The molecule has 0 spiro atoms. The summed E-state index contributed by atoms with van der Waals surface area (Å²) in [7, 11) is 0. The molecule has 0 aliphatic heterocycles. The van der Waals surface area contributed by atoms with Crippen LogP contribution < -0.4 is 10.1 Å². The van der Waals surface area contributed by atoms with Gasteiger partial charge in [0.15, 0.2) is 0 Å². The van der Waals surface area contributed by atoms with E-state index in [9.17, 15) is 5.11 Å². The molecule has 112 valence electrons. The van der Waals surface area contributed by atoms with Crippen LogP contribution in [0.3, 0.4) is 0 Å². The molecule has 0 heterocycles. The van der Waals surface area contributed by atoms with Crippen molar-refractivity contribution < 1.29 is 9.84 Å². The molecule has 0 amide bonds. The average molecular weight is 285 g/mol. The Labute approximate surface area is 126 Å². The Hall–Kier alpha value is -1.84. The maximum atomic E-state index is 9.34. The van der Waals surface area contributed by atoms with E-state index < -0.39 is 0 Å². The van der Waals surface area contributed by atoms with Crippen molar-refractivity contribution in [2.24, 2.45) is 0 Å². The Bertz CT molecular complexity index is 551. The van der Waals surface area contributed by atoms with Gasteiger partial charge < -0.3 is 15.2 Å². The molecule has 3 nitrogen and oxygen atoms in total. The molecule has 0 aliphatic carbocycles. The van der Waals surface area contributed by atoms with Crippen molar-refractivity contribution in [1.82, 2.24) is 5.32 Å². The average Bonchev–Trinajstić information content (AvgIpc) is 2.54. The largest absolute Gasteiger partial charge is 0.494 e. The van der Waals surface area contributed by atoms with Crippen LogP contribution in [0.15, 0.2) is 48.5 Å². The molecular formula is C18H23NO2. The lowest BCUT2D eigenvalue weighted by atomic mass is 10.1. The third-order valence-electron chi connectivity index (χ3n) is 3.58. The topological polar surface area (TPSA) is 41.5 Å². The minimum absolute atomic E-state index is 0.0787. The molecule has 2 aromatic rings. The summed E-state index contributed by atoms with van der Waals surface area (Å²) in [6.07, 6.45) is 0. The van der Waals surface area contributed by atoms with Gasteiger partial charge in [0, 0.05) is 12.6 Å². The SMILES string of the molecule is CCOc1ccc(C(C)NCc2ccccc2CO)cc1. The summed E-state index contributed by atoms with van der Waals surface area (Å²) in [6, 6.07) is 16.4. The fourth-order valence-corrected chi connectivity index (χ4v) is 2.28. The quantitative estimate of drug-likeness (QED) is 0.819. The van der Waals surface area contributed by atoms with Crippen LogP contribution in [-0.4, -0.2) is 11.7 Å². The zero-order valence-electron chi connectivity index (χ0n) is 12.7. The van der Waals surface area contributed by atoms with Crippen molar-refractivity contribution in [2.45, 2.75) is 33.0 Å². The standard InChI is InChI=1S/C18H23NO2/c1-3-21-18-10-8-15(9-11-18)14(2)19-12-16-6-4-5-7-17(16)13-20/h4-11,14,19-20H,3,12-13H2,1-2H3. The zero-order valence-corrected chi connectivity index (χ0v) is 12.7. The third-order valence-corrected chi connectivity index (χ3v) is 3.58. The van der Waals surface area contributed by atoms with Crippen LogP contribution in [0.2, 0.25) is 0 Å². The van der Waals surface area contributed by atoms with E-state index in [1.807, 2.05) is 43.3 Å². The van der Waals surface area contributed by atoms with Crippen LogP contribution in [0.1, 0.15) is 36.6 Å². The molecule has 0 aliphatic rings. The van der Waals surface area contributed by atoms with Crippen LogP contribution in [0.25, 0.3) is 0 Å². The van der Waals surface area contributed by atoms with Gasteiger partial charge in [0.1, 0.15) is 5.75 Å². The predicted octanol–water partition coefficient (Wildman–Crippen LogP) is 3.43. The smallest absolute Gasteiger partial charge is 0.119 e. The normalized spacial score (nSPS) is 12.1. The van der Waals surface area contributed by atoms with Crippen LogP contribution in [0.4, 0.5) is 0 Å². The van der Waals surface area contributed by atoms with Crippen LogP contribution in [0.5, 0.6) is 5.75 Å². The number of benzene rings is 2. The van der Waals surface area contributed by atoms with E-state index in [-0.39, 0.29) is 12.6 Å². The van der Waals surface area contributed by atoms with Gasteiger partial charge in [-0.2, -0.15) is 0 Å². The lowest BCUT2D eigenvalue weighted by molar-refractivity contribution is 0.280. The van der Waals surface area contributed by atoms with Gasteiger partial charge >= 0.3 is 0 Å². The molecule has 0 saturated carbocycles. The van der Waals surface area contributed by atoms with Crippen LogP contribution in [0, 0.1) is 0 Å². The number of rotatable bonds is 7. The Morgan fingerprint density at radius 1 is 1.05 bits per heavy atom. The Balaban J connectivity index is 1.96. The Morgan fingerprint density at radius 2 is 1.71 bits per heavy atom. The summed E-state index contributed by atoms with van der Waals surface area (Å²) >= 11 is 0. The highest BCUT2D eigenvalue weighted by Crippen LogP contribution is 2.18. The number of aliphatic hydroxyl groups is 1. The van der Waals surface area contributed by atoms with Crippen molar-refractivity contribution in [1.29, 1.82) is 0 Å². The molecule has 1 unspecified atom stereocenters. The first kappa shape index (κ1) is 15.5. The van der Waals surface area contributed by atoms with Gasteiger partial charge in [-0.1, -0.05) is 36.4 Å². The van der Waals surface area contributed by atoms with Gasteiger partial charge in [-0.3, -0.25) is 0 Å². The summed E-state index contributed by atoms with van der Waals surface area (Å²) < 4.78 is 5.45. The van der Waals surface area contributed by atoms with E-state index in [0.29, 0.717) is 6.61 Å². The number of hydrogen-bond acceptors (Lipinski definition) is 3. The Morgan fingerprint density at radius 3 is 2.33 bits per heavy atom. The fraction of sp³-hybridized carbons (Fsp3) is 0.333. The number of ether oxygens (including phenoxy) is 1. The highest BCUT2D eigenvalue weighted by Gasteiger charge is 2.07. The van der Waals surface area contributed by atoms with Crippen molar-refractivity contribution in [3.05, 3.63) is 65.2 Å². The second kappa shape index (κ2) is 7.81. The minimum atomic E-state index is 0.0787. The van der Waals surface area contributed by atoms with Gasteiger partial charge in [0.2, 0.25) is 0 Å². The maximum absolute atomic E-state index is 9.34. The summed E-state index contributed by atoms with van der Waals surface area (Å²) in [6.45, 7) is 5.62. The van der Waals surface area contributed by atoms with Crippen molar-refractivity contribution in [2.75, 3.05) is 6.61 Å². The Kier molecular flexibility index (Phi) is 5.78. The lowest BCUT2D eigenvalue weighted by Gasteiger charge is -2.16. The van der Waals surface area contributed by atoms with Gasteiger partial charge in [-0.15, -0.1) is 0 Å². The first-order chi connectivity index (χ1) is 10.2. The summed E-state index contributed by atoms with van der Waals surface area (Å²) in [5.41, 5.74) is 3.33. The molecule has 3 heteroatoms. The van der Waals surface area contributed by atoms with Crippen LogP contribution in [-0.2, 0) is 13.2 Å². The van der Waals surface area contributed by atoms with E-state index >= 15 is 0 Å². The molecule has 2 aromatic carbocycles. The molecule has 21 heavy (non-hydrogen) atoms. The molecular weight excluding hydrogens is 262 g/mol. The second-order valence-corrected chi connectivity index (χ2v) is 5.03. The molecule has 0 aromatic heterocycles. The summed E-state index contributed by atoms with van der Waals surface area (Å²) in [5, 5.41) is 12.8. The monoisotopic (exact) mass is 285 g/mol. The number of hydrogen-bond donors (Lipinski definition) is 2. The van der Waals surface area contributed by atoms with Crippen molar-refractivity contribution in [3.8, 4) is 5.75 Å². The highest BCUT2D eigenvalue weighted by atomic mass is 16.5. The highest BCUT2D eigenvalue weighted by molar-refractivity contribution is 5.30. The third kappa shape index (κ3) is 4.31. The van der Waals surface area contributed by atoms with E-state index in [1.165, 1.54) is 5.56 Å². The van der Waals surface area contributed by atoms with Gasteiger partial charge in [-0.05, 0) is 42.7 Å². The molecule has 0 saturated heterocycles. The molecule has 2 N–H and O–H groups in total. The molecule has 2 rings (SSSR count). The predicted molar refractivity (Wildman–Crippen MR) is 85.2 cm³/mol. The van der Waals surface area contributed by atoms with E-state index in [2.05, 4.69) is 24.4 Å². The zero-order chi connectivity index (χ0) is 15.1. The van der Waals surface area contributed by atoms with E-state index in [1.54, 1.807) is 0 Å². The second-order valence-electron chi connectivity index (χ2n) is 5.03. The summed E-state index contributed by atoms with van der Waals surface area (Å²) in [5.74, 6) is 0.902. The number of nitrogens with one attached hydrogen (secondary N) is 1. The molecule has 1 atom stereocenters.